The first-order valence-corrected chi connectivity index (χ1v) is 7.93. The lowest BCUT2D eigenvalue weighted by Gasteiger charge is -2.47. The van der Waals surface area contributed by atoms with Gasteiger partial charge in [-0.2, -0.15) is 12.6 Å². The van der Waals surface area contributed by atoms with Crippen molar-refractivity contribution in [1.82, 2.24) is 4.90 Å². The Kier molecular flexibility index (Phi) is 5.19. The van der Waals surface area contributed by atoms with E-state index < -0.39 is 0 Å². The Bertz CT molecular complexity index is 236. The van der Waals surface area contributed by atoms with Gasteiger partial charge in [0.15, 0.2) is 0 Å². The molecule has 100 valence electrons. The van der Waals surface area contributed by atoms with E-state index in [1.54, 1.807) is 0 Å². The molecule has 1 N–H and O–H groups in total. The maximum absolute atomic E-state index is 10.6. The van der Waals surface area contributed by atoms with Crippen LogP contribution in [0.15, 0.2) is 0 Å². The second-order valence-corrected chi connectivity index (χ2v) is 6.33. The summed E-state index contributed by atoms with van der Waals surface area (Å²) in [7, 11) is 0. The van der Waals surface area contributed by atoms with E-state index in [2.05, 4.69) is 17.5 Å². The number of rotatable bonds is 5. The number of thiol groups is 1. The van der Waals surface area contributed by atoms with Crippen molar-refractivity contribution in [2.75, 3.05) is 25.4 Å². The molecule has 2 aliphatic rings. The van der Waals surface area contributed by atoms with Crippen molar-refractivity contribution in [2.24, 2.45) is 5.92 Å². The zero-order valence-electron chi connectivity index (χ0n) is 10.9. The summed E-state index contributed by atoms with van der Waals surface area (Å²) < 4.78 is 0. The highest BCUT2D eigenvalue weighted by Gasteiger charge is 2.42. The highest BCUT2D eigenvalue weighted by molar-refractivity contribution is 7.80. The third kappa shape index (κ3) is 3.62. The van der Waals surface area contributed by atoms with Crippen molar-refractivity contribution in [3.05, 3.63) is 0 Å². The maximum Gasteiger partial charge on any atom is 0.0700 e. The van der Waals surface area contributed by atoms with Gasteiger partial charge < -0.3 is 10.0 Å². The smallest absolute Gasteiger partial charge is 0.0700 e. The normalized spacial score (nSPS) is 34.6. The second kappa shape index (κ2) is 6.44. The van der Waals surface area contributed by atoms with Gasteiger partial charge in [-0.15, -0.1) is 0 Å². The van der Waals surface area contributed by atoms with Gasteiger partial charge in [0.1, 0.15) is 0 Å². The molecule has 2 nitrogen and oxygen atoms in total. The average Bonchev–Trinajstić information content (AvgIpc) is 2.34. The van der Waals surface area contributed by atoms with Crippen LogP contribution in [0.2, 0.25) is 0 Å². The topological polar surface area (TPSA) is 23.5 Å². The van der Waals surface area contributed by atoms with Crippen LogP contribution in [-0.4, -0.2) is 41.0 Å². The Labute approximate surface area is 111 Å². The highest BCUT2D eigenvalue weighted by atomic mass is 32.1. The molecule has 1 aliphatic heterocycles. The molecule has 2 rings (SSSR count). The molecule has 2 fully saturated rings. The van der Waals surface area contributed by atoms with Crippen molar-refractivity contribution in [1.29, 1.82) is 0 Å². The minimum absolute atomic E-state index is 0.306. The second-order valence-electron chi connectivity index (χ2n) is 5.88. The molecule has 0 spiro atoms. The molecule has 2 unspecified atom stereocenters. The monoisotopic (exact) mass is 257 g/mol. The van der Waals surface area contributed by atoms with E-state index in [9.17, 15) is 5.11 Å². The van der Waals surface area contributed by atoms with Crippen LogP contribution in [-0.2, 0) is 0 Å². The van der Waals surface area contributed by atoms with Gasteiger partial charge in [-0.1, -0.05) is 19.3 Å². The molecule has 2 atom stereocenters. The van der Waals surface area contributed by atoms with Crippen LogP contribution in [0.4, 0.5) is 0 Å². The van der Waals surface area contributed by atoms with Gasteiger partial charge in [-0.25, -0.2) is 0 Å². The number of unbranched alkanes of at least 4 members (excludes halogenated alkanes) is 2. The van der Waals surface area contributed by atoms with Crippen molar-refractivity contribution in [3.63, 3.8) is 0 Å². The molecule has 1 saturated carbocycles. The Hall–Kier alpha value is 0.270. The summed E-state index contributed by atoms with van der Waals surface area (Å²) in [6.07, 6.45) is 9.68. The number of likely N-dealkylation sites (tertiary alicyclic amines) is 1. The van der Waals surface area contributed by atoms with Crippen LogP contribution >= 0.6 is 12.6 Å². The van der Waals surface area contributed by atoms with Crippen molar-refractivity contribution < 1.29 is 5.11 Å². The van der Waals surface area contributed by atoms with Crippen LogP contribution in [0, 0.1) is 5.92 Å². The molecule has 0 aromatic rings. The van der Waals surface area contributed by atoms with E-state index in [-0.39, 0.29) is 5.60 Å². The van der Waals surface area contributed by atoms with Crippen molar-refractivity contribution in [2.45, 2.75) is 57.0 Å². The van der Waals surface area contributed by atoms with Gasteiger partial charge in [0, 0.05) is 19.0 Å². The van der Waals surface area contributed by atoms with Crippen LogP contribution in [0.25, 0.3) is 0 Å². The number of hydrogen-bond acceptors (Lipinski definition) is 3. The third-order valence-electron chi connectivity index (χ3n) is 4.64. The maximum atomic E-state index is 10.6. The molecule has 1 aliphatic carbocycles. The highest BCUT2D eigenvalue weighted by Crippen LogP contribution is 2.39. The lowest BCUT2D eigenvalue weighted by atomic mass is 9.71. The molecule has 0 bridgehead atoms. The first kappa shape index (κ1) is 13.7. The lowest BCUT2D eigenvalue weighted by molar-refractivity contribution is -0.0953. The van der Waals surface area contributed by atoms with Gasteiger partial charge in [0.2, 0.25) is 0 Å². The summed E-state index contributed by atoms with van der Waals surface area (Å²) in [4.78, 5) is 2.57. The van der Waals surface area contributed by atoms with E-state index in [0.29, 0.717) is 5.92 Å². The molecule has 0 radical (unpaired) electrons. The van der Waals surface area contributed by atoms with E-state index in [4.69, 9.17) is 0 Å². The van der Waals surface area contributed by atoms with Crippen LogP contribution < -0.4 is 0 Å². The molecule has 1 saturated heterocycles. The third-order valence-corrected chi connectivity index (χ3v) is 4.96. The Morgan fingerprint density at radius 2 is 2.06 bits per heavy atom. The van der Waals surface area contributed by atoms with E-state index >= 15 is 0 Å². The molecule has 0 aromatic heterocycles. The number of hydrogen-bond donors (Lipinski definition) is 2. The summed E-state index contributed by atoms with van der Waals surface area (Å²) in [5.41, 5.74) is -0.306. The minimum atomic E-state index is -0.306. The van der Waals surface area contributed by atoms with Crippen molar-refractivity contribution >= 4 is 12.6 Å². The van der Waals surface area contributed by atoms with E-state index in [0.717, 1.165) is 31.7 Å². The van der Waals surface area contributed by atoms with Gasteiger partial charge in [-0.05, 0) is 44.4 Å². The van der Waals surface area contributed by atoms with Crippen LogP contribution in [0.3, 0.4) is 0 Å². The van der Waals surface area contributed by atoms with Gasteiger partial charge in [0.05, 0.1) is 5.60 Å². The molecule has 17 heavy (non-hydrogen) atoms. The van der Waals surface area contributed by atoms with E-state index in [1.807, 2.05) is 0 Å². The number of aliphatic hydroxyl groups is 1. The predicted molar refractivity (Wildman–Crippen MR) is 75.7 cm³/mol. The van der Waals surface area contributed by atoms with E-state index in [1.165, 1.54) is 45.1 Å². The Morgan fingerprint density at radius 3 is 2.88 bits per heavy atom. The fraction of sp³-hybridized carbons (Fsp3) is 1.00. The van der Waals surface area contributed by atoms with Gasteiger partial charge >= 0.3 is 0 Å². The molecule has 0 aromatic carbocycles. The first-order chi connectivity index (χ1) is 8.24. The average molecular weight is 257 g/mol. The SMILES string of the molecule is OC12CCCCC1CN(CCCCCS)CC2. The quantitative estimate of drug-likeness (QED) is 0.584. The van der Waals surface area contributed by atoms with Crippen LogP contribution in [0.5, 0.6) is 0 Å². The molecule has 3 heteroatoms. The molecule has 1 heterocycles. The molecule has 0 amide bonds. The Morgan fingerprint density at radius 1 is 1.18 bits per heavy atom. The number of fused-ring (bicyclic) bond motifs is 1. The fourth-order valence-corrected chi connectivity index (χ4v) is 3.69. The standard InChI is InChI=1S/C14H27NOS/c16-14-7-3-2-6-13(14)12-15(10-8-14)9-4-1-5-11-17/h13,16-17H,1-12H2. The van der Waals surface area contributed by atoms with Crippen molar-refractivity contribution in [3.8, 4) is 0 Å². The predicted octanol–water partition coefficient (Wildman–Crippen LogP) is 2.71. The Balaban J connectivity index is 1.73. The molecular formula is C14H27NOS. The lowest BCUT2D eigenvalue weighted by Crippen LogP contribution is -2.53. The summed E-state index contributed by atoms with van der Waals surface area (Å²) in [6.45, 7) is 3.46. The summed E-state index contributed by atoms with van der Waals surface area (Å²) in [6, 6.07) is 0. The molecular weight excluding hydrogens is 230 g/mol. The fourth-order valence-electron chi connectivity index (χ4n) is 3.47. The number of piperidine rings is 1. The zero-order chi connectivity index (χ0) is 12.1. The minimum Gasteiger partial charge on any atom is -0.390 e. The summed E-state index contributed by atoms with van der Waals surface area (Å²) >= 11 is 4.25. The zero-order valence-corrected chi connectivity index (χ0v) is 11.8. The van der Waals surface area contributed by atoms with Gasteiger partial charge in [0.25, 0.3) is 0 Å². The first-order valence-electron chi connectivity index (χ1n) is 7.30. The van der Waals surface area contributed by atoms with Gasteiger partial charge in [-0.3, -0.25) is 0 Å². The van der Waals surface area contributed by atoms with Crippen LogP contribution in [0.1, 0.15) is 51.4 Å². The number of nitrogens with zero attached hydrogens (tertiary/aromatic N) is 1. The summed E-state index contributed by atoms with van der Waals surface area (Å²) in [5.74, 6) is 1.57. The largest absolute Gasteiger partial charge is 0.390 e. The summed E-state index contributed by atoms with van der Waals surface area (Å²) in [5, 5.41) is 10.6.